The van der Waals surface area contributed by atoms with Crippen molar-refractivity contribution in [3.05, 3.63) is 41.0 Å². The average Bonchev–Trinajstić information content (AvgIpc) is 2.97. The maximum absolute atomic E-state index is 13.8. The molecule has 2 aromatic rings. The number of aromatic nitrogens is 2. The number of hydrogen-bond acceptors (Lipinski definition) is 4. The highest BCUT2D eigenvalue weighted by atomic mass is 35.5. The first-order chi connectivity index (χ1) is 10.6. The molecule has 6 nitrogen and oxygen atoms in total. The van der Waals surface area contributed by atoms with Crippen LogP contribution >= 0.6 is 12.4 Å². The number of rotatable bonds is 3. The van der Waals surface area contributed by atoms with Gasteiger partial charge in [-0.15, -0.1) is 12.4 Å². The van der Waals surface area contributed by atoms with Crippen LogP contribution in [0.2, 0.25) is 0 Å². The largest absolute Gasteiger partial charge is 0.494 e. The molecule has 0 aliphatic carbocycles. The molecule has 0 spiro atoms. The standard InChI is InChI=1S/C15H17FN4O2.ClH/c1-20(9-3-4-13(22-2)11(16)7-9)15(21)14-10-8-17-6-5-12(10)18-19-14;/h3-4,7,17H,5-6,8H2,1-2H3,(H,18,19);1H. The lowest BCUT2D eigenvalue weighted by molar-refractivity contribution is 0.0987. The van der Waals surface area contributed by atoms with E-state index in [4.69, 9.17) is 4.74 Å². The van der Waals surface area contributed by atoms with Gasteiger partial charge in [0.1, 0.15) is 0 Å². The number of aromatic amines is 1. The average molecular weight is 341 g/mol. The Morgan fingerprint density at radius 2 is 2.22 bits per heavy atom. The van der Waals surface area contributed by atoms with Crippen LogP contribution in [0.1, 0.15) is 21.7 Å². The van der Waals surface area contributed by atoms with Crippen LogP contribution in [0.25, 0.3) is 0 Å². The summed E-state index contributed by atoms with van der Waals surface area (Å²) in [6.45, 7) is 1.47. The van der Waals surface area contributed by atoms with Crippen molar-refractivity contribution in [2.75, 3.05) is 25.6 Å². The predicted octanol–water partition coefficient (Wildman–Crippen LogP) is 1.90. The lowest BCUT2D eigenvalue weighted by Gasteiger charge is -2.19. The van der Waals surface area contributed by atoms with E-state index in [-0.39, 0.29) is 24.1 Å². The Bertz CT molecular complexity index is 719. The predicted molar refractivity (Wildman–Crippen MR) is 86.9 cm³/mol. The summed E-state index contributed by atoms with van der Waals surface area (Å²) < 4.78 is 18.7. The third-order valence-corrected chi connectivity index (χ3v) is 3.84. The van der Waals surface area contributed by atoms with Crippen molar-refractivity contribution in [3.8, 4) is 5.75 Å². The van der Waals surface area contributed by atoms with Crippen molar-refractivity contribution in [1.82, 2.24) is 15.5 Å². The molecular formula is C15H18ClFN4O2. The molecule has 1 aliphatic rings. The van der Waals surface area contributed by atoms with Gasteiger partial charge >= 0.3 is 0 Å². The van der Waals surface area contributed by atoms with E-state index in [9.17, 15) is 9.18 Å². The van der Waals surface area contributed by atoms with Gasteiger partial charge in [0.15, 0.2) is 17.3 Å². The number of nitrogens with zero attached hydrogens (tertiary/aromatic N) is 2. The fraction of sp³-hybridized carbons (Fsp3) is 0.333. The van der Waals surface area contributed by atoms with Crippen LogP contribution in [0.5, 0.6) is 5.75 Å². The fourth-order valence-electron chi connectivity index (χ4n) is 2.54. The number of methoxy groups -OCH3 is 1. The Morgan fingerprint density at radius 1 is 1.43 bits per heavy atom. The number of benzene rings is 1. The van der Waals surface area contributed by atoms with Gasteiger partial charge in [0.05, 0.1) is 7.11 Å². The summed E-state index contributed by atoms with van der Waals surface area (Å²) in [6.07, 6.45) is 0.816. The molecule has 1 amide bonds. The summed E-state index contributed by atoms with van der Waals surface area (Å²) in [6, 6.07) is 4.40. The number of amides is 1. The third kappa shape index (κ3) is 3.16. The van der Waals surface area contributed by atoms with Crippen molar-refractivity contribution in [2.45, 2.75) is 13.0 Å². The van der Waals surface area contributed by atoms with Crippen LogP contribution in [0.15, 0.2) is 18.2 Å². The molecule has 8 heteroatoms. The maximum Gasteiger partial charge on any atom is 0.278 e. The molecule has 1 aromatic carbocycles. The summed E-state index contributed by atoms with van der Waals surface area (Å²) in [5.41, 5.74) is 2.69. The van der Waals surface area contributed by atoms with Gasteiger partial charge < -0.3 is 15.0 Å². The van der Waals surface area contributed by atoms with Crippen LogP contribution < -0.4 is 15.0 Å². The van der Waals surface area contributed by atoms with Gasteiger partial charge in [-0.2, -0.15) is 5.10 Å². The molecule has 1 aromatic heterocycles. The van der Waals surface area contributed by atoms with E-state index in [2.05, 4.69) is 15.5 Å². The molecule has 0 saturated carbocycles. The van der Waals surface area contributed by atoms with E-state index < -0.39 is 5.82 Å². The molecule has 1 aliphatic heterocycles. The fourth-order valence-corrected chi connectivity index (χ4v) is 2.54. The Morgan fingerprint density at radius 3 is 2.91 bits per heavy atom. The highest BCUT2D eigenvalue weighted by Crippen LogP contribution is 2.25. The van der Waals surface area contributed by atoms with Crippen LogP contribution in [0.3, 0.4) is 0 Å². The summed E-state index contributed by atoms with van der Waals surface area (Å²) >= 11 is 0. The smallest absolute Gasteiger partial charge is 0.278 e. The molecule has 0 radical (unpaired) electrons. The minimum atomic E-state index is -0.509. The number of carbonyl (C=O) groups excluding carboxylic acids is 1. The number of halogens is 2. The molecular weight excluding hydrogens is 323 g/mol. The Kier molecular flexibility index (Phi) is 5.23. The van der Waals surface area contributed by atoms with E-state index in [0.29, 0.717) is 17.9 Å². The van der Waals surface area contributed by atoms with Crippen molar-refractivity contribution in [2.24, 2.45) is 0 Å². The number of fused-ring (bicyclic) bond motifs is 1. The van der Waals surface area contributed by atoms with Crippen LogP contribution in [0.4, 0.5) is 10.1 Å². The van der Waals surface area contributed by atoms with Gasteiger partial charge in [-0.25, -0.2) is 4.39 Å². The van der Waals surface area contributed by atoms with Crippen LogP contribution in [-0.2, 0) is 13.0 Å². The second-order valence-electron chi connectivity index (χ2n) is 5.14. The zero-order valence-corrected chi connectivity index (χ0v) is 13.7. The SMILES string of the molecule is COc1ccc(N(C)C(=O)c2n[nH]c3c2CNCC3)cc1F.Cl. The molecule has 0 fully saturated rings. The zero-order chi connectivity index (χ0) is 15.7. The van der Waals surface area contributed by atoms with Gasteiger partial charge in [-0.3, -0.25) is 9.89 Å². The lowest BCUT2D eigenvalue weighted by atomic mass is 10.1. The van der Waals surface area contributed by atoms with E-state index in [1.807, 2.05) is 0 Å². The molecule has 0 atom stereocenters. The van der Waals surface area contributed by atoms with Gasteiger partial charge in [0.2, 0.25) is 0 Å². The molecule has 124 valence electrons. The highest BCUT2D eigenvalue weighted by Gasteiger charge is 2.25. The van der Waals surface area contributed by atoms with E-state index >= 15 is 0 Å². The second-order valence-corrected chi connectivity index (χ2v) is 5.14. The van der Waals surface area contributed by atoms with Crippen LogP contribution in [-0.4, -0.2) is 36.8 Å². The zero-order valence-electron chi connectivity index (χ0n) is 12.9. The topological polar surface area (TPSA) is 70.2 Å². The molecule has 0 bridgehead atoms. The highest BCUT2D eigenvalue weighted by molar-refractivity contribution is 6.05. The molecule has 0 unspecified atom stereocenters. The normalized spacial score (nSPS) is 13.0. The van der Waals surface area contributed by atoms with Crippen molar-refractivity contribution in [1.29, 1.82) is 0 Å². The first kappa shape index (κ1) is 17.2. The van der Waals surface area contributed by atoms with E-state index in [0.717, 1.165) is 24.2 Å². The summed E-state index contributed by atoms with van der Waals surface area (Å²) in [7, 11) is 3.00. The number of anilines is 1. The summed E-state index contributed by atoms with van der Waals surface area (Å²) in [4.78, 5) is 14.0. The first-order valence-electron chi connectivity index (χ1n) is 7.00. The third-order valence-electron chi connectivity index (χ3n) is 3.84. The number of H-pyrrole nitrogens is 1. The van der Waals surface area contributed by atoms with E-state index in [1.54, 1.807) is 13.1 Å². The Labute approximate surface area is 139 Å². The van der Waals surface area contributed by atoms with Gasteiger partial charge in [-0.1, -0.05) is 0 Å². The minimum absolute atomic E-state index is 0. The van der Waals surface area contributed by atoms with Crippen molar-refractivity contribution in [3.63, 3.8) is 0 Å². The lowest BCUT2D eigenvalue weighted by Crippen LogP contribution is -2.30. The Hall–Kier alpha value is -2.12. The molecule has 2 heterocycles. The van der Waals surface area contributed by atoms with Crippen molar-refractivity contribution >= 4 is 24.0 Å². The number of nitrogens with one attached hydrogen (secondary N) is 2. The van der Waals surface area contributed by atoms with Gasteiger partial charge in [-0.05, 0) is 12.1 Å². The molecule has 0 saturated heterocycles. The molecule has 23 heavy (non-hydrogen) atoms. The number of hydrogen-bond donors (Lipinski definition) is 2. The second kappa shape index (κ2) is 6.97. The van der Waals surface area contributed by atoms with Crippen molar-refractivity contribution < 1.29 is 13.9 Å². The molecule has 2 N–H and O–H groups in total. The van der Waals surface area contributed by atoms with Crippen LogP contribution in [0, 0.1) is 5.82 Å². The minimum Gasteiger partial charge on any atom is -0.494 e. The molecule has 3 rings (SSSR count). The first-order valence-corrected chi connectivity index (χ1v) is 7.00. The van der Waals surface area contributed by atoms with Gasteiger partial charge in [0, 0.05) is 49.6 Å². The maximum atomic E-state index is 13.8. The Balaban J connectivity index is 0.00000192. The summed E-state index contributed by atoms with van der Waals surface area (Å²) in [5, 5.41) is 10.3. The monoisotopic (exact) mass is 340 g/mol. The quantitative estimate of drug-likeness (QED) is 0.895. The van der Waals surface area contributed by atoms with E-state index in [1.165, 1.54) is 24.1 Å². The summed E-state index contributed by atoms with van der Waals surface area (Å²) in [5.74, 6) is -0.637. The van der Waals surface area contributed by atoms with Gasteiger partial charge in [0.25, 0.3) is 5.91 Å². The number of carbonyl (C=O) groups is 1. The number of ether oxygens (including phenoxy) is 1.